The minimum atomic E-state index is 0.546. The van der Waals surface area contributed by atoms with E-state index >= 15 is 0 Å². The van der Waals surface area contributed by atoms with Gasteiger partial charge in [-0.1, -0.05) is 0 Å². The summed E-state index contributed by atoms with van der Waals surface area (Å²) >= 11 is 1.57. The van der Waals surface area contributed by atoms with Gasteiger partial charge in [0.25, 0.3) is 0 Å². The molecule has 4 nitrogen and oxygen atoms in total. The summed E-state index contributed by atoms with van der Waals surface area (Å²) in [5.74, 6) is 0. The summed E-state index contributed by atoms with van der Waals surface area (Å²) in [7, 11) is 1.66. The topological polar surface area (TPSA) is 47.9 Å². The molecular weight excluding hydrogens is 198 g/mol. The number of hydrogen-bond donors (Lipinski definition) is 0. The van der Waals surface area contributed by atoms with E-state index in [4.69, 9.17) is 4.74 Å². The predicted octanol–water partition coefficient (Wildman–Crippen LogP) is 1.75. The highest BCUT2D eigenvalue weighted by atomic mass is 32.1. The lowest BCUT2D eigenvalue weighted by molar-refractivity contribution is 0.182. The maximum atomic E-state index is 4.99. The molecule has 0 unspecified atom stereocenters. The lowest BCUT2D eigenvalue weighted by Crippen LogP contribution is -1.87. The first-order valence-electron chi connectivity index (χ1n) is 4.09. The lowest BCUT2D eigenvalue weighted by Gasteiger charge is -1.93. The number of rotatable bonds is 3. The van der Waals surface area contributed by atoms with Crippen LogP contribution in [0.15, 0.2) is 24.1 Å². The van der Waals surface area contributed by atoms with Gasteiger partial charge in [0.15, 0.2) is 0 Å². The molecule has 0 amide bonds. The van der Waals surface area contributed by atoms with E-state index in [0.717, 1.165) is 16.3 Å². The van der Waals surface area contributed by atoms with Crippen LogP contribution in [0, 0.1) is 0 Å². The molecule has 0 aliphatic rings. The molecule has 0 spiro atoms. The van der Waals surface area contributed by atoms with Crippen molar-refractivity contribution in [2.24, 2.45) is 0 Å². The number of thiazole rings is 1. The highest BCUT2D eigenvalue weighted by molar-refractivity contribution is 7.13. The molecule has 14 heavy (non-hydrogen) atoms. The second-order valence-electron chi connectivity index (χ2n) is 2.70. The molecule has 0 atom stereocenters. The summed E-state index contributed by atoms with van der Waals surface area (Å²) < 4.78 is 4.99. The molecule has 0 radical (unpaired) electrons. The van der Waals surface area contributed by atoms with E-state index in [-0.39, 0.29) is 0 Å². The standard InChI is InChI=1S/C9H9N3OS/c1-13-4-8-5-14-9(12-8)7-2-10-6-11-3-7/h2-3,5-6H,4H2,1H3. The molecule has 0 fully saturated rings. The highest BCUT2D eigenvalue weighted by Gasteiger charge is 2.04. The van der Waals surface area contributed by atoms with Gasteiger partial charge in [0.05, 0.1) is 12.3 Å². The van der Waals surface area contributed by atoms with Gasteiger partial charge < -0.3 is 4.74 Å². The van der Waals surface area contributed by atoms with Crippen LogP contribution in [0.1, 0.15) is 5.69 Å². The van der Waals surface area contributed by atoms with E-state index < -0.39 is 0 Å². The van der Waals surface area contributed by atoms with Crippen LogP contribution < -0.4 is 0 Å². The van der Waals surface area contributed by atoms with Crippen molar-refractivity contribution < 1.29 is 4.74 Å². The Morgan fingerprint density at radius 1 is 1.36 bits per heavy atom. The Hall–Kier alpha value is -1.33. The van der Waals surface area contributed by atoms with Crippen LogP contribution in [0.5, 0.6) is 0 Å². The van der Waals surface area contributed by atoms with E-state index in [1.165, 1.54) is 6.33 Å². The third-order valence-corrected chi connectivity index (χ3v) is 2.59. The van der Waals surface area contributed by atoms with Crippen LogP contribution in [0.25, 0.3) is 10.6 Å². The van der Waals surface area contributed by atoms with E-state index in [2.05, 4.69) is 15.0 Å². The average molecular weight is 207 g/mol. The third-order valence-electron chi connectivity index (χ3n) is 1.65. The summed E-state index contributed by atoms with van der Waals surface area (Å²) in [5, 5.41) is 2.91. The number of aromatic nitrogens is 3. The fourth-order valence-electron chi connectivity index (χ4n) is 1.06. The molecule has 2 aromatic rings. The van der Waals surface area contributed by atoms with Crippen molar-refractivity contribution in [2.75, 3.05) is 7.11 Å². The number of methoxy groups -OCH3 is 1. The third kappa shape index (κ3) is 1.94. The Balaban J connectivity index is 2.25. The molecule has 0 aliphatic heterocycles. The van der Waals surface area contributed by atoms with E-state index in [9.17, 15) is 0 Å². The van der Waals surface area contributed by atoms with Crippen LogP contribution in [0.4, 0.5) is 0 Å². The van der Waals surface area contributed by atoms with E-state index in [1.807, 2.05) is 5.38 Å². The molecule has 0 bridgehead atoms. The van der Waals surface area contributed by atoms with Gasteiger partial charge in [-0.3, -0.25) is 0 Å². The van der Waals surface area contributed by atoms with Gasteiger partial charge in [0.1, 0.15) is 11.3 Å². The van der Waals surface area contributed by atoms with Crippen molar-refractivity contribution in [2.45, 2.75) is 6.61 Å². The number of nitrogens with zero attached hydrogens (tertiary/aromatic N) is 3. The van der Waals surface area contributed by atoms with Crippen LogP contribution in [0.3, 0.4) is 0 Å². The first kappa shape index (κ1) is 9.23. The molecule has 2 aromatic heterocycles. The summed E-state index contributed by atoms with van der Waals surface area (Å²) in [6.07, 6.45) is 5.01. The maximum absolute atomic E-state index is 4.99. The molecular formula is C9H9N3OS. The second-order valence-corrected chi connectivity index (χ2v) is 3.56. The second kappa shape index (κ2) is 4.26. The molecule has 5 heteroatoms. The van der Waals surface area contributed by atoms with E-state index in [1.54, 1.807) is 30.8 Å². The van der Waals surface area contributed by atoms with Crippen molar-refractivity contribution in [3.8, 4) is 10.6 Å². The van der Waals surface area contributed by atoms with Crippen molar-refractivity contribution in [1.29, 1.82) is 0 Å². The summed E-state index contributed by atoms with van der Waals surface area (Å²) in [6, 6.07) is 0. The number of ether oxygens (including phenoxy) is 1. The molecule has 0 saturated carbocycles. The molecule has 72 valence electrons. The average Bonchev–Trinajstić information content (AvgIpc) is 2.68. The molecule has 2 heterocycles. The Morgan fingerprint density at radius 2 is 2.14 bits per heavy atom. The van der Waals surface area contributed by atoms with Crippen molar-refractivity contribution >= 4 is 11.3 Å². The van der Waals surface area contributed by atoms with Crippen LogP contribution in [-0.2, 0) is 11.3 Å². The normalized spacial score (nSPS) is 10.4. The number of hydrogen-bond acceptors (Lipinski definition) is 5. The van der Waals surface area contributed by atoms with Gasteiger partial charge in [0.2, 0.25) is 0 Å². The van der Waals surface area contributed by atoms with Gasteiger partial charge in [-0.15, -0.1) is 11.3 Å². The predicted molar refractivity (Wildman–Crippen MR) is 53.9 cm³/mol. The van der Waals surface area contributed by atoms with Crippen molar-refractivity contribution in [3.05, 3.63) is 29.8 Å². The maximum Gasteiger partial charge on any atom is 0.126 e. The molecule has 2 rings (SSSR count). The van der Waals surface area contributed by atoms with Gasteiger partial charge >= 0.3 is 0 Å². The van der Waals surface area contributed by atoms with Crippen LogP contribution in [0.2, 0.25) is 0 Å². The zero-order valence-electron chi connectivity index (χ0n) is 7.67. The zero-order chi connectivity index (χ0) is 9.80. The summed E-state index contributed by atoms with van der Waals surface area (Å²) in [6.45, 7) is 0.546. The zero-order valence-corrected chi connectivity index (χ0v) is 8.49. The summed E-state index contributed by atoms with van der Waals surface area (Å²) in [4.78, 5) is 12.3. The minimum absolute atomic E-state index is 0.546. The Morgan fingerprint density at radius 3 is 2.86 bits per heavy atom. The van der Waals surface area contributed by atoms with Gasteiger partial charge in [-0.05, 0) is 0 Å². The fourth-order valence-corrected chi connectivity index (χ4v) is 1.84. The monoisotopic (exact) mass is 207 g/mol. The largest absolute Gasteiger partial charge is 0.378 e. The Bertz CT molecular complexity index is 401. The molecule has 0 N–H and O–H groups in total. The SMILES string of the molecule is COCc1csc(-c2cncnc2)n1. The van der Waals surface area contributed by atoms with Crippen LogP contribution >= 0.6 is 11.3 Å². The fraction of sp³-hybridized carbons (Fsp3) is 0.222. The van der Waals surface area contributed by atoms with Crippen molar-refractivity contribution in [3.63, 3.8) is 0 Å². The first-order valence-corrected chi connectivity index (χ1v) is 4.97. The lowest BCUT2D eigenvalue weighted by atomic mass is 10.4. The van der Waals surface area contributed by atoms with Crippen molar-refractivity contribution in [1.82, 2.24) is 15.0 Å². The van der Waals surface area contributed by atoms with Gasteiger partial charge in [0, 0.05) is 30.4 Å². The minimum Gasteiger partial charge on any atom is -0.378 e. The quantitative estimate of drug-likeness (QED) is 0.769. The van der Waals surface area contributed by atoms with E-state index in [0.29, 0.717) is 6.61 Å². The Kier molecular flexibility index (Phi) is 2.81. The summed E-state index contributed by atoms with van der Waals surface area (Å²) in [5.41, 5.74) is 1.89. The van der Waals surface area contributed by atoms with Gasteiger partial charge in [-0.2, -0.15) is 0 Å². The molecule has 0 aromatic carbocycles. The molecule has 0 aliphatic carbocycles. The van der Waals surface area contributed by atoms with Gasteiger partial charge in [-0.25, -0.2) is 15.0 Å². The Labute approximate surface area is 85.6 Å². The smallest absolute Gasteiger partial charge is 0.126 e. The molecule has 0 saturated heterocycles. The first-order chi connectivity index (χ1) is 6.90. The highest BCUT2D eigenvalue weighted by Crippen LogP contribution is 2.21. The van der Waals surface area contributed by atoms with Crippen LogP contribution in [-0.4, -0.2) is 22.1 Å².